The Bertz CT molecular complexity index is 1020. The number of piperidine rings is 1. The molecule has 0 aliphatic carbocycles. The largest absolute Gasteiger partial charge is 0.443 e. The average Bonchev–Trinajstić information content (AvgIpc) is 3.36. The van der Waals surface area contributed by atoms with E-state index < -0.39 is 0 Å². The normalized spacial score (nSPS) is 17.0. The highest BCUT2D eigenvalue weighted by atomic mass is 19.1. The van der Waals surface area contributed by atoms with E-state index in [0.717, 1.165) is 30.5 Å². The molecule has 2 aromatic heterocycles. The third-order valence-electron chi connectivity index (χ3n) is 5.62. The molecular weight excluding hydrogens is 383 g/mol. The molecule has 0 bridgehead atoms. The lowest BCUT2D eigenvalue weighted by atomic mass is 10.0. The van der Waals surface area contributed by atoms with Gasteiger partial charge in [0.15, 0.2) is 0 Å². The number of rotatable bonds is 5. The van der Waals surface area contributed by atoms with E-state index in [2.05, 4.69) is 23.9 Å². The fraction of sp³-hybridized carbons (Fsp3) is 0.435. The maximum Gasteiger partial charge on any atom is 0.272 e. The second-order valence-corrected chi connectivity index (χ2v) is 8.21. The number of aryl methyl sites for hydroxylation is 1. The Balaban J connectivity index is 1.54. The van der Waals surface area contributed by atoms with E-state index in [1.54, 1.807) is 23.0 Å². The van der Waals surface area contributed by atoms with Gasteiger partial charge < -0.3 is 9.32 Å². The van der Waals surface area contributed by atoms with Crippen LogP contribution in [-0.2, 0) is 13.5 Å². The fourth-order valence-electron chi connectivity index (χ4n) is 3.91. The first kappa shape index (κ1) is 20.3. The van der Waals surface area contributed by atoms with Crippen LogP contribution in [0, 0.1) is 5.82 Å². The van der Waals surface area contributed by atoms with E-state index >= 15 is 0 Å². The predicted molar refractivity (Wildman–Crippen MR) is 111 cm³/mol. The SMILES string of the molecule is CC(C)c1cc(C(=O)N2CCCCC2c2ncc(Cc3ccc(F)cc3)o2)n(C)n1. The van der Waals surface area contributed by atoms with Crippen LogP contribution in [0.25, 0.3) is 0 Å². The van der Waals surface area contributed by atoms with Crippen LogP contribution in [0.2, 0.25) is 0 Å². The van der Waals surface area contributed by atoms with Gasteiger partial charge in [0.25, 0.3) is 5.91 Å². The van der Waals surface area contributed by atoms with Gasteiger partial charge in [0.1, 0.15) is 23.3 Å². The standard InChI is InChI=1S/C23H27FN4O2/c1-15(2)19-13-21(27(3)26-19)23(29)28-11-5-4-6-20(28)22-25-14-18(30-22)12-16-7-9-17(24)10-8-16/h7-10,13-15,20H,4-6,11-12H2,1-3H3. The molecule has 1 atom stereocenters. The number of hydrogen-bond donors (Lipinski definition) is 0. The number of carbonyl (C=O) groups excluding carboxylic acids is 1. The maximum absolute atomic E-state index is 13.3. The summed E-state index contributed by atoms with van der Waals surface area (Å²) in [4.78, 5) is 19.7. The van der Waals surface area contributed by atoms with Crippen molar-refractivity contribution >= 4 is 5.91 Å². The van der Waals surface area contributed by atoms with Crippen molar-refractivity contribution in [2.45, 2.75) is 51.5 Å². The van der Waals surface area contributed by atoms with Gasteiger partial charge in [0.2, 0.25) is 5.89 Å². The molecule has 4 rings (SSSR count). The molecule has 0 radical (unpaired) electrons. The monoisotopic (exact) mass is 410 g/mol. The van der Waals surface area contributed by atoms with Crippen molar-refractivity contribution < 1.29 is 13.6 Å². The number of hydrogen-bond acceptors (Lipinski definition) is 4. The molecule has 1 saturated heterocycles. The van der Waals surface area contributed by atoms with Gasteiger partial charge in [-0.15, -0.1) is 0 Å². The average molecular weight is 410 g/mol. The van der Waals surface area contributed by atoms with E-state index in [1.165, 1.54) is 12.1 Å². The smallest absolute Gasteiger partial charge is 0.272 e. The van der Waals surface area contributed by atoms with Crippen molar-refractivity contribution in [1.29, 1.82) is 0 Å². The molecular formula is C23H27FN4O2. The lowest BCUT2D eigenvalue weighted by Gasteiger charge is -2.33. The first-order chi connectivity index (χ1) is 14.4. The highest BCUT2D eigenvalue weighted by Crippen LogP contribution is 2.32. The lowest BCUT2D eigenvalue weighted by Crippen LogP contribution is -2.39. The molecule has 3 heterocycles. The van der Waals surface area contributed by atoms with Crippen LogP contribution in [-0.4, -0.2) is 32.1 Å². The summed E-state index contributed by atoms with van der Waals surface area (Å²) in [5.74, 6) is 1.23. The van der Waals surface area contributed by atoms with Crippen molar-refractivity contribution in [3.05, 3.63) is 70.9 Å². The molecule has 6 nitrogen and oxygen atoms in total. The quantitative estimate of drug-likeness (QED) is 0.615. The molecule has 1 aliphatic heterocycles. The van der Waals surface area contributed by atoms with Gasteiger partial charge in [-0.2, -0.15) is 5.10 Å². The molecule has 30 heavy (non-hydrogen) atoms. The topological polar surface area (TPSA) is 64.2 Å². The highest BCUT2D eigenvalue weighted by molar-refractivity contribution is 5.93. The zero-order valence-corrected chi connectivity index (χ0v) is 17.6. The van der Waals surface area contributed by atoms with E-state index in [-0.39, 0.29) is 23.7 Å². The molecule has 158 valence electrons. The summed E-state index contributed by atoms with van der Waals surface area (Å²) in [6.07, 6.45) is 5.04. The highest BCUT2D eigenvalue weighted by Gasteiger charge is 2.33. The predicted octanol–water partition coefficient (Wildman–Crippen LogP) is 4.63. The van der Waals surface area contributed by atoms with Gasteiger partial charge in [0.05, 0.1) is 11.9 Å². The Labute approximate surface area is 175 Å². The van der Waals surface area contributed by atoms with Crippen molar-refractivity contribution in [1.82, 2.24) is 19.7 Å². The van der Waals surface area contributed by atoms with Crippen LogP contribution in [0.5, 0.6) is 0 Å². The number of oxazole rings is 1. The Morgan fingerprint density at radius 2 is 2.03 bits per heavy atom. The summed E-state index contributed by atoms with van der Waals surface area (Å²) >= 11 is 0. The minimum absolute atomic E-state index is 0.0418. The zero-order valence-electron chi connectivity index (χ0n) is 17.6. The second-order valence-electron chi connectivity index (χ2n) is 8.21. The van der Waals surface area contributed by atoms with Gasteiger partial charge in [-0.3, -0.25) is 9.48 Å². The molecule has 1 aromatic carbocycles. The van der Waals surface area contributed by atoms with Gasteiger partial charge in [0, 0.05) is 20.0 Å². The van der Waals surface area contributed by atoms with Crippen LogP contribution < -0.4 is 0 Å². The van der Waals surface area contributed by atoms with Crippen molar-refractivity contribution in [2.24, 2.45) is 7.05 Å². The van der Waals surface area contributed by atoms with E-state index in [1.807, 2.05) is 18.0 Å². The summed E-state index contributed by atoms with van der Waals surface area (Å²) in [5, 5.41) is 4.48. The van der Waals surface area contributed by atoms with Crippen LogP contribution in [0.4, 0.5) is 4.39 Å². The fourth-order valence-corrected chi connectivity index (χ4v) is 3.91. The van der Waals surface area contributed by atoms with Gasteiger partial charge in [-0.05, 0) is 48.9 Å². The summed E-state index contributed by atoms with van der Waals surface area (Å²) in [7, 11) is 1.81. The van der Waals surface area contributed by atoms with Crippen molar-refractivity contribution in [3.8, 4) is 0 Å². The molecule has 7 heteroatoms. The van der Waals surface area contributed by atoms with Crippen LogP contribution in [0.15, 0.2) is 40.9 Å². The van der Waals surface area contributed by atoms with Crippen LogP contribution >= 0.6 is 0 Å². The Kier molecular flexibility index (Phi) is 5.70. The van der Waals surface area contributed by atoms with E-state index in [4.69, 9.17) is 4.42 Å². The lowest BCUT2D eigenvalue weighted by molar-refractivity contribution is 0.0558. The molecule has 1 fully saturated rings. The summed E-state index contributed by atoms with van der Waals surface area (Å²) in [5.41, 5.74) is 2.45. The second kappa shape index (κ2) is 8.42. The third-order valence-corrected chi connectivity index (χ3v) is 5.62. The van der Waals surface area contributed by atoms with E-state index in [0.29, 0.717) is 30.3 Å². The minimum Gasteiger partial charge on any atom is -0.443 e. The summed E-state index contributed by atoms with van der Waals surface area (Å²) in [6, 6.07) is 8.05. The molecule has 1 unspecified atom stereocenters. The minimum atomic E-state index is -0.260. The molecule has 1 aliphatic rings. The zero-order chi connectivity index (χ0) is 21.3. The molecule has 0 saturated carbocycles. The number of amides is 1. The molecule has 1 amide bonds. The number of likely N-dealkylation sites (tertiary alicyclic amines) is 1. The number of carbonyl (C=O) groups is 1. The molecule has 3 aromatic rings. The van der Waals surface area contributed by atoms with E-state index in [9.17, 15) is 9.18 Å². The molecule has 0 N–H and O–H groups in total. The Hall–Kier alpha value is -2.96. The summed E-state index contributed by atoms with van der Waals surface area (Å²) in [6.45, 7) is 4.80. The number of benzene rings is 1. The van der Waals surface area contributed by atoms with Gasteiger partial charge in [-0.1, -0.05) is 26.0 Å². The third kappa shape index (κ3) is 4.15. The van der Waals surface area contributed by atoms with Crippen molar-refractivity contribution in [3.63, 3.8) is 0 Å². The first-order valence-electron chi connectivity index (χ1n) is 10.5. The number of aromatic nitrogens is 3. The van der Waals surface area contributed by atoms with Crippen LogP contribution in [0.3, 0.4) is 0 Å². The summed E-state index contributed by atoms with van der Waals surface area (Å²) < 4.78 is 20.8. The Morgan fingerprint density at radius 3 is 2.73 bits per heavy atom. The van der Waals surface area contributed by atoms with Gasteiger partial charge >= 0.3 is 0 Å². The number of halogens is 1. The molecule has 0 spiro atoms. The first-order valence-corrected chi connectivity index (χ1v) is 10.5. The maximum atomic E-state index is 13.3. The van der Waals surface area contributed by atoms with Crippen LogP contribution in [0.1, 0.15) is 78.5 Å². The van der Waals surface area contributed by atoms with Gasteiger partial charge in [-0.25, -0.2) is 9.37 Å². The number of nitrogens with zero attached hydrogens (tertiary/aromatic N) is 4. The van der Waals surface area contributed by atoms with Crippen molar-refractivity contribution in [2.75, 3.05) is 6.54 Å². The Morgan fingerprint density at radius 1 is 1.27 bits per heavy atom.